The summed E-state index contributed by atoms with van der Waals surface area (Å²) in [6.45, 7) is -0.589. The Morgan fingerprint density at radius 2 is 1.78 bits per heavy atom. The van der Waals surface area contributed by atoms with Crippen molar-refractivity contribution in [1.82, 2.24) is 10.2 Å². The number of carbonyl (C=O) groups is 1. The Labute approximate surface area is 181 Å². The van der Waals surface area contributed by atoms with E-state index >= 15 is 0 Å². The second-order valence-corrected chi connectivity index (χ2v) is 7.86. The predicted octanol–water partition coefficient (Wildman–Crippen LogP) is 5.00. The Kier molecular flexibility index (Phi) is 6.73. The van der Waals surface area contributed by atoms with Gasteiger partial charge >= 0.3 is 12.4 Å². The third-order valence-electron chi connectivity index (χ3n) is 5.31. The Bertz CT molecular complexity index is 946. The average molecular weight is 460 g/mol. The van der Waals surface area contributed by atoms with Crippen LogP contribution in [0.3, 0.4) is 0 Å². The number of hydrogen-bond acceptors (Lipinski definition) is 3. The van der Waals surface area contributed by atoms with Crippen molar-refractivity contribution in [3.8, 4) is 5.75 Å². The van der Waals surface area contributed by atoms with Crippen molar-refractivity contribution in [3.05, 3.63) is 65.2 Å². The summed E-state index contributed by atoms with van der Waals surface area (Å²) in [5.41, 5.74) is -1.66. The fourth-order valence-corrected chi connectivity index (χ4v) is 3.89. The highest BCUT2D eigenvalue weighted by atomic mass is 19.4. The SMILES string of the molecule is CN1CCCC(NC(=O)c2ccc(C(F)(F)F)cc2OCC(F)(F)F)(c2ccccc2)C1. The van der Waals surface area contributed by atoms with Crippen LogP contribution in [0.25, 0.3) is 0 Å². The number of hydrogen-bond donors (Lipinski definition) is 1. The minimum absolute atomic E-state index is 0.397. The molecule has 1 unspecified atom stereocenters. The molecule has 0 aliphatic carbocycles. The second-order valence-electron chi connectivity index (χ2n) is 7.86. The number of carbonyl (C=O) groups excluding carboxylic acids is 1. The van der Waals surface area contributed by atoms with E-state index in [1.807, 2.05) is 30.1 Å². The first-order valence-electron chi connectivity index (χ1n) is 9.87. The van der Waals surface area contributed by atoms with Gasteiger partial charge in [0.05, 0.1) is 16.7 Å². The summed E-state index contributed by atoms with van der Waals surface area (Å²) in [5.74, 6) is -1.59. The number of alkyl halides is 6. The number of likely N-dealkylation sites (tertiary alicyclic amines) is 1. The molecule has 1 amide bonds. The number of halogens is 6. The summed E-state index contributed by atoms with van der Waals surface area (Å²) in [4.78, 5) is 15.1. The van der Waals surface area contributed by atoms with Gasteiger partial charge < -0.3 is 15.0 Å². The minimum Gasteiger partial charge on any atom is -0.483 e. The summed E-state index contributed by atoms with van der Waals surface area (Å²) >= 11 is 0. The summed E-state index contributed by atoms with van der Waals surface area (Å²) in [6.07, 6.45) is -8.27. The third kappa shape index (κ3) is 5.73. The number of benzene rings is 2. The fraction of sp³-hybridized carbons (Fsp3) is 0.409. The predicted molar refractivity (Wildman–Crippen MR) is 105 cm³/mol. The van der Waals surface area contributed by atoms with Gasteiger partial charge in [-0.05, 0) is 50.2 Å². The number of amides is 1. The largest absolute Gasteiger partial charge is 0.483 e. The van der Waals surface area contributed by atoms with Gasteiger partial charge in [0.25, 0.3) is 5.91 Å². The van der Waals surface area contributed by atoms with Gasteiger partial charge in [-0.15, -0.1) is 0 Å². The number of likely N-dealkylation sites (N-methyl/N-ethyl adjacent to an activating group) is 1. The maximum Gasteiger partial charge on any atom is 0.422 e. The van der Waals surface area contributed by atoms with Crippen LogP contribution in [0.4, 0.5) is 26.3 Å². The van der Waals surface area contributed by atoms with Crippen LogP contribution in [0.15, 0.2) is 48.5 Å². The van der Waals surface area contributed by atoms with Crippen LogP contribution in [0.5, 0.6) is 5.75 Å². The molecule has 2 aromatic carbocycles. The van der Waals surface area contributed by atoms with E-state index < -0.39 is 47.3 Å². The van der Waals surface area contributed by atoms with Gasteiger partial charge in [-0.2, -0.15) is 26.3 Å². The molecule has 32 heavy (non-hydrogen) atoms. The molecule has 1 aliphatic rings. The lowest BCUT2D eigenvalue weighted by Gasteiger charge is -2.42. The molecule has 4 nitrogen and oxygen atoms in total. The maximum atomic E-state index is 13.1. The molecule has 1 fully saturated rings. The molecule has 174 valence electrons. The fourth-order valence-electron chi connectivity index (χ4n) is 3.89. The van der Waals surface area contributed by atoms with Gasteiger partial charge in [0.1, 0.15) is 5.75 Å². The number of piperidine rings is 1. The summed E-state index contributed by atoms with van der Waals surface area (Å²) < 4.78 is 81.8. The molecular formula is C22H22F6N2O2. The van der Waals surface area contributed by atoms with Crippen LogP contribution in [0.2, 0.25) is 0 Å². The molecule has 0 aromatic heterocycles. The van der Waals surface area contributed by atoms with E-state index in [4.69, 9.17) is 0 Å². The molecule has 3 rings (SSSR count). The second kappa shape index (κ2) is 9.01. The lowest BCUT2D eigenvalue weighted by atomic mass is 9.82. The highest BCUT2D eigenvalue weighted by Crippen LogP contribution is 2.36. The van der Waals surface area contributed by atoms with E-state index in [0.717, 1.165) is 24.6 Å². The molecule has 1 heterocycles. The summed E-state index contributed by atoms with van der Waals surface area (Å²) in [7, 11) is 1.87. The van der Waals surface area contributed by atoms with Gasteiger partial charge in [-0.3, -0.25) is 4.79 Å². The molecule has 1 aliphatic heterocycles. The monoisotopic (exact) mass is 460 g/mol. The van der Waals surface area contributed by atoms with Crippen LogP contribution in [-0.2, 0) is 11.7 Å². The molecule has 1 N–H and O–H groups in total. The van der Waals surface area contributed by atoms with Crippen molar-refractivity contribution in [3.63, 3.8) is 0 Å². The van der Waals surface area contributed by atoms with Crippen molar-refractivity contribution < 1.29 is 35.9 Å². The van der Waals surface area contributed by atoms with Crippen LogP contribution in [-0.4, -0.2) is 43.7 Å². The molecular weight excluding hydrogens is 438 g/mol. The molecule has 0 bridgehead atoms. The standard InChI is InChI=1S/C22H22F6N2O2/c1-30-11-5-10-20(13-30,15-6-3-2-4-7-15)29-19(31)17-9-8-16(22(26,27)28)12-18(17)32-14-21(23,24)25/h2-4,6-9,12H,5,10-11,13-14H2,1H3,(H,29,31). The maximum absolute atomic E-state index is 13.1. The van der Waals surface area contributed by atoms with E-state index in [9.17, 15) is 31.1 Å². The van der Waals surface area contributed by atoms with Crippen LogP contribution in [0.1, 0.15) is 34.3 Å². The van der Waals surface area contributed by atoms with E-state index in [0.29, 0.717) is 25.1 Å². The highest BCUT2D eigenvalue weighted by molar-refractivity contribution is 5.97. The number of rotatable bonds is 5. The zero-order valence-electron chi connectivity index (χ0n) is 17.2. The topological polar surface area (TPSA) is 41.6 Å². The smallest absolute Gasteiger partial charge is 0.422 e. The third-order valence-corrected chi connectivity index (χ3v) is 5.31. The van der Waals surface area contributed by atoms with Gasteiger partial charge in [0, 0.05) is 6.54 Å². The molecule has 2 aromatic rings. The first kappa shape index (κ1) is 23.9. The first-order chi connectivity index (χ1) is 14.9. The Morgan fingerprint density at radius 1 is 1.09 bits per heavy atom. The normalized spacial score (nSPS) is 20.1. The van der Waals surface area contributed by atoms with E-state index in [1.165, 1.54) is 0 Å². The number of nitrogens with zero attached hydrogens (tertiary/aromatic N) is 1. The van der Waals surface area contributed by atoms with Gasteiger partial charge in [-0.25, -0.2) is 0 Å². The zero-order chi connectivity index (χ0) is 23.6. The molecule has 1 atom stereocenters. The average Bonchev–Trinajstić information content (AvgIpc) is 2.71. The molecule has 0 saturated carbocycles. The van der Waals surface area contributed by atoms with E-state index in [-0.39, 0.29) is 0 Å². The Hall–Kier alpha value is -2.75. The first-order valence-corrected chi connectivity index (χ1v) is 9.87. The van der Waals surface area contributed by atoms with Crippen LogP contribution in [0, 0.1) is 0 Å². The number of ether oxygens (including phenoxy) is 1. The van der Waals surface area contributed by atoms with Crippen LogP contribution < -0.4 is 10.1 Å². The van der Waals surface area contributed by atoms with Crippen LogP contribution >= 0.6 is 0 Å². The highest BCUT2D eigenvalue weighted by Gasteiger charge is 2.39. The Morgan fingerprint density at radius 3 is 2.38 bits per heavy atom. The van der Waals surface area contributed by atoms with Crippen molar-refractivity contribution in [1.29, 1.82) is 0 Å². The van der Waals surface area contributed by atoms with Gasteiger partial charge in [-0.1, -0.05) is 30.3 Å². The summed E-state index contributed by atoms with van der Waals surface area (Å²) in [6, 6.07) is 11.0. The van der Waals surface area contributed by atoms with Crippen molar-refractivity contribution in [2.75, 3.05) is 26.7 Å². The lowest BCUT2D eigenvalue weighted by Crippen LogP contribution is -2.55. The molecule has 0 radical (unpaired) electrons. The lowest BCUT2D eigenvalue weighted by molar-refractivity contribution is -0.153. The molecule has 10 heteroatoms. The summed E-state index contributed by atoms with van der Waals surface area (Å²) in [5, 5.41) is 2.87. The molecule has 1 saturated heterocycles. The van der Waals surface area contributed by atoms with Gasteiger partial charge in [0.2, 0.25) is 0 Å². The molecule has 0 spiro atoms. The van der Waals surface area contributed by atoms with E-state index in [2.05, 4.69) is 10.1 Å². The van der Waals surface area contributed by atoms with Crippen molar-refractivity contribution in [2.45, 2.75) is 30.7 Å². The zero-order valence-corrected chi connectivity index (χ0v) is 17.2. The Balaban J connectivity index is 1.97. The van der Waals surface area contributed by atoms with Crippen molar-refractivity contribution in [2.24, 2.45) is 0 Å². The van der Waals surface area contributed by atoms with Crippen molar-refractivity contribution >= 4 is 5.91 Å². The minimum atomic E-state index is -4.80. The number of nitrogens with one attached hydrogen (secondary N) is 1. The quantitative estimate of drug-likeness (QED) is 0.639. The van der Waals surface area contributed by atoms with E-state index in [1.54, 1.807) is 12.1 Å². The van der Waals surface area contributed by atoms with Gasteiger partial charge in [0.15, 0.2) is 6.61 Å².